The van der Waals surface area contributed by atoms with Crippen LogP contribution in [0.1, 0.15) is 56.6 Å². The minimum atomic E-state index is -1.26. The second-order valence-electron chi connectivity index (χ2n) is 8.96. The maximum absolute atomic E-state index is 13.2. The van der Waals surface area contributed by atoms with Gasteiger partial charge < -0.3 is 20.1 Å². The Hall–Kier alpha value is -3.35. The predicted octanol–water partition coefficient (Wildman–Crippen LogP) is 4.16. The van der Waals surface area contributed by atoms with Crippen molar-refractivity contribution in [3.05, 3.63) is 59.7 Å². The molecule has 0 aromatic heterocycles. The zero-order chi connectivity index (χ0) is 23.6. The van der Waals surface area contributed by atoms with E-state index in [0.717, 1.165) is 35.1 Å². The molecule has 4 rings (SSSR count). The fraction of sp³-hybridized carbons (Fsp3) is 0.423. The maximum Gasteiger partial charge on any atom is 0.407 e. The number of amides is 2. The lowest BCUT2D eigenvalue weighted by atomic mass is 9.87. The van der Waals surface area contributed by atoms with Gasteiger partial charge in [-0.2, -0.15) is 0 Å². The first-order chi connectivity index (χ1) is 15.9. The monoisotopic (exact) mass is 450 g/mol. The molecule has 33 heavy (non-hydrogen) atoms. The molecule has 1 fully saturated rings. The van der Waals surface area contributed by atoms with E-state index >= 15 is 0 Å². The number of benzene rings is 2. The molecule has 0 bridgehead atoms. The number of alkyl carbamates (subject to hydrolysis) is 1. The molecule has 1 heterocycles. The quantitative estimate of drug-likeness (QED) is 0.689. The number of ether oxygens (including phenoxy) is 1. The van der Waals surface area contributed by atoms with Crippen molar-refractivity contribution in [1.82, 2.24) is 10.2 Å². The molecule has 2 unspecified atom stereocenters. The number of hydrogen-bond donors (Lipinski definition) is 2. The topological polar surface area (TPSA) is 95.9 Å². The molecule has 2 N–H and O–H groups in total. The zero-order valence-electron chi connectivity index (χ0n) is 19.0. The smallest absolute Gasteiger partial charge is 0.407 e. The summed E-state index contributed by atoms with van der Waals surface area (Å²) in [5, 5.41) is 12.4. The number of rotatable bonds is 6. The number of nitrogens with zero attached hydrogens (tertiary/aromatic N) is 1. The van der Waals surface area contributed by atoms with Gasteiger partial charge in [0.05, 0.1) is 0 Å². The number of likely N-dealkylation sites (tertiary alicyclic amines) is 1. The van der Waals surface area contributed by atoms with Crippen LogP contribution in [0.2, 0.25) is 0 Å². The number of fused-ring (bicyclic) bond motifs is 3. The van der Waals surface area contributed by atoms with Crippen LogP contribution in [0.3, 0.4) is 0 Å². The SMILES string of the molecule is CCC(NC(=O)OCC1c2ccccc2-c2ccccc21)C(=O)N1CCCCC1(C)C(=O)O. The van der Waals surface area contributed by atoms with Crippen LogP contribution in [0.25, 0.3) is 11.1 Å². The van der Waals surface area contributed by atoms with Gasteiger partial charge in [-0.15, -0.1) is 0 Å². The molecule has 1 aliphatic carbocycles. The molecule has 1 saturated heterocycles. The summed E-state index contributed by atoms with van der Waals surface area (Å²) < 4.78 is 5.57. The van der Waals surface area contributed by atoms with E-state index in [9.17, 15) is 19.5 Å². The van der Waals surface area contributed by atoms with Crippen LogP contribution in [0.15, 0.2) is 48.5 Å². The average molecular weight is 451 g/mol. The Morgan fingerprint density at radius 3 is 2.27 bits per heavy atom. The maximum atomic E-state index is 13.2. The van der Waals surface area contributed by atoms with Gasteiger partial charge in [-0.1, -0.05) is 55.5 Å². The number of carbonyl (C=O) groups is 3. The van der Waals surface area contributed by atoms with Crippen molar-refractivity contribution >= 4 is 18.0 Å². The molecule has 174 valence electrons. The summed E-state index contributed by atoms with van der Waals surface area (Å²) in [6, 6.07) is 15.3. The number of carbonyl (C=O) groups excluding carboxylic acids is 2. The van der Waals surface area contributed by atoms with Crippen molar-refractivity contribution in [2.24, 2.45) is 0 Å². The first kappa shape index (κ1) is 22.8. The normalized spacial score (nSPS) is 20.5. The summed E-state index contributed by atoms with van der Waals surface area (Å²) in [6.45, 7) is 3.88. The highest BCUT2D eigenvalue weighted by Crippen LogP contribution is 2.44. The summed E-state index contributed by atoms with van der Waals surface area (Å²) in [5.74, 6) is -1.47. The molecule has 2 amide bonds. The molecule has 2 atom stereocenters. The highest BCUT2D eigenvalue weighted by atomic mass is 16.5. The minimum absolute atomic E-state index is 0.0728. The first-order valence-electron chi connectivity index (χ1n) is 11.5. The van der Waals surface area contributed by atoms with E-state index in [1.54, 1.807) is 13.8 Å². The molecule has 2 aromatic rings. The number of carboxylic acids is 1. The van der Waals surface area contributed by atoms with E-state index in [4.69, 9.17) is 4.74 Å². The van der Waals surface area contributed by atoms with E-state index in [2.05, 4.69) is 17.4 Å². The van der Waals surface area contributed by atoms with Crippen LogP contribution in [0, 0.1) is 0 Å². The Bertz CT molecular complexity index is 1020. The van der Waals surface area contributed by atoms with Crippen LogP contribution in [0.5, 0.6) is 0 Å². The number of nitrogens with one attached hydrogen (secondary N) is 1. The number of piperidine rings is 1. The predicted molar refractivity (Wildman–Crippen MR) is 124 cm³/mol. The Labute approximate surface area is 193 Å². The zero-order valence-corrected chi connectivity index (χ0v) is 19.0. The van der Waals surface area contributed by atoms with Crippen molar-refractivity contribution in [1.29, 1.82) is 0 Å². The van der Waals surface area contributed by atoms with E-state index in [-0.39, 0.29) is 18.4 Å². The lowest BCUT2D eigenvalue weighted by molar-refractivity contribution is -0.161. The Morgan fingerprint density at radius 2 is 1.70 bits per heavy atom. The fourth-order valence-corrected chi connectivity index (χ4v) is 5.01. The Balaban J connectivity index is 1.43. The second-order valence-corrected chi connectivity index (χ2v) is 8.96. The average Bonchev–Trinajstić information content (AvgIpc) is 3.14. The summed E-state index contributed by atoms with van der Waals surface area (Å²) >= 11 is 0. The molecule has 2 aromatic carbocycles. The number of hydrogen-bond acceptors (Lipinski definition) is 4. The molecule has 0 spiro atoms. The van der Waals surface area contributed by atoms with Crippen LogP contribution in [-0.2, 0) is 14.3 Å². The van der Waals surface area contributed by atoms with Crippen LogP contribution in [0.4, 0.5) is 4.79 Å². The van der Waals surface area contributed by atoms with E-state index < -0.39 is 23.6 Å². The van der Waals surface area contributed by atoms with Crippen molar-refractivity contribution in [3.8, 4) is 11.1 Å². The van der Waals surface area contributed by atoms with Gasteiger partial charge in [0.25, 0.3) is 0 Å². The molecule has 2 aliphatic rings. The van der Waals surface area contributed by atoms with Gasteiger partial charge in [0.1, 0.15) is 18.2 Å². The summed E-state index contributed by atoms with van der Waals surface area (Å²) in [7, 11) is 0. The molecule has 7 nitrogen and oxygen atoms in total. The van der Waals surface area contributed by atoms with Crippen LogP contribution < -0.4 is 5.32 Å². The van der Waals surface area contributed by atoms with E-state index in [1.807, 2.05) is 36.4 Å². The second kappa shape index (κ2) is 9.25. The molecule has 0 saturated carbocycles. The molecule has 0 radical (unpaired) electrons. The fourth-order valence-electron chi connectivity index (χ4n) is 5.01. The number of aliphatic carboxylic acids is 1. The van der Waals surface area contributed by atoms with E-state index in [0.29, 0.717) is 19.4 Å². The van der Waals surface area contributed by atoms with Gasteiger partial charge >= 0.3 is 12.1 Å². The van der Waals surface area contributed by atoms with Gasteiger partial charge in [-0.05, 0) is 54.9 Å². The van der Waals surface area contributed by atoms with Crippen molar-refractivity contribution in [3.63, 3.8) is 0 Å². The summed E-state index contributed by atoms with van der Waals surface area (Å²) in [4.78, 5) is 39.1. The van der Waals surface area contributed by atoms with Crippen molar-refractivity contribution < 1.29 is 24.2 Å². The molecular formula is C26H30N2O5. The first-order valence-corrected chi connectivity index (χ1v) is 11.5. The minimum Gasteiger partial charge on any atom is -0.480 e. The van der Waals surface area contributed by atoms with Gasteiger partial charge in [-0.3, -0.25) is 4.79 Å². The lowest BCUT2D eigenvalue weighted by Gasteiger charge is -2.43. The third-order valence-corrected chi connectivity index (χ3v) is 6.96. The highest BCUT2D eigenvalue weighted by Gasteiger charge is 2.45. The third kappa shape index (κ3) is 4.19. The standard InChI is InChI=1S/C26H30N2O5/c1-3-22(23(29)28-15-9-8-14-26(28,2)24(30)31)27-25(32)33-16-21-19-12-6-4-10-17(19)18-11-5-7-13-20(18)21/h4-7,10-13,21-22H,3,8-9,14-16H2,1-2H3,(H,27,32)(H,30,31). The Morgan fingerprint density at radius 1 is 1.09 bits per heavy atom. The summed E-state index contributed by atoms with van der Waals surface area (Å²) in [6.07, 6.45) is 1.57. The molecule has 1 aliphatic heterocycles. The van der Waals surface area contributed by atoms with Gasteiger partial charge in [0.15, 0.2) is 0 Å². The highest BCUT2D eigenvalue weighted by molar-refractivity contribution is 5.91. The largest absolute Gasteiger partial charge is 0.480 e. The number of carboxylic acid groups (broad SMARTS) is 1. The van der Waals surface area contributed by atoms with Crippen LogP contribution in [-0.4, -0.2) is 52.7 Å². The van der Waals surface area contributed by atoms with Crippen molar-refractivity contribution in [2.75, 3.05) is 13.2 Å². The molecule has 7 heteroatoms. The third-order valence-electron chi connectivity index (χ3n) is 6.96. The summed E-state index contributed by atoms with van der Waals surface area (Å²) in [5.41, 5.74) is 3.25. The van der Waals surface area contributed by atoms with Crippen molar-refractivity contribution in [2.45, 2.75) is 57.0 Å². The lowest BCUT2D eigenvalue weighted by Crippen LogP contribution is -2.61. The van der Waals surface area contributed by atoms with Gasteiger partial charge in [0, 0.05) is 12.5 Å². The van der Waals surface area contributed by atoms with E-state index in [1.165, 1.54) is 4.90 Å². The van der Waals surface area contributed by atoms with Gasteiger partial charge in [-0.25, -0.2) is 9.59 Å². The van der Waals surface area contributed by atoms with Gasteiger partial charge in [0.2, 0.25) is 5.91 Å². The molecular weight excluding hydrogens is 420 g/mol. The van der Waals surface area contributed by atoms with Crippen LogP contribution >= 0.6 is 0 Å². The Kier molecular flexibility index (Phi) is 6.40.